The van der Waals surface area contributed by atoms with Gasteiger partial charge < -0.3 is 10.1 Å². The van der Waals surface area contributed by atoms with Crippen molar-refractivity contribution < 1.29 is 4.74 Å². The molecule has 19 heavy (non-hydrogen) atoms. The van der Waals surface area contributed by atoms with Crippen LogP contribution in [-0.4, -0.2) is 12.1 Å². The van der Waals surface area contributed by atoms with E-state index in [-0.39, 0.29) is 0 Å². The lowest BCUT2D eigenvalue weighted by molar-refractivity contribution is 0.185. The van der Waals surface area contributed by atoms with Gasteiger partial charge in [-0.25, -0.2) is 4.98 Å². The fourth-order valence-corrected chi connectivity index (χ4v) is 1.85. The highest BCUT2D eigenvalue weighted by atomic mass is 16.5. The highest BCUT2D eigenvalue weighted by molar-refractivity contribution is 5.66. The van der Waals surface area contributed by atoms with Crippen LogP contribution in [0.4, 0.5) is 11.5 Å². The van der Waals surface area contributed by atoms with E-state index in [9.17, 15) is 5.26 Å². The third-order valence-corrected chi connectivity index (χ3v) is 2.84. The maximum Gasteiger partial charge on any atom is 0.148 e. The smallest absolute Gasteiger partial charge is 0.148 e. The number of nitrogens with one attached hydrogen (secondary N) is 1. The van der Waals surface area contributed by atoms with E-state index in [4.69, 9.17) is 4.74 Å². The Balaban J connectivity index is 2.37. The van der Waals surface area contributed by atoms with Crippen molar-refractivity contribution in [3.63, 3.8) is 0 Å². The van der Waals surface area contributed by atoms with Crippen LogP contribution in [-0.2, 0) is 11.3 Å². The number of rotatable bonds is 4. The second kappa shape index (κ2) is 5.98. The molecule has 1 N–H and O–H groups in total. The summed E-state index contributed by atoms with van der Waals surface area (Å²) < 4.78 is 5.16. The number of methoxy groups -OCH3 is 1. The van der Waals surface area contributed by atoms with Gasteiger partial charge in [-0.3, -0.25) is 0 Å². The van der Waals surface area contributed by atoms with Gasteiger partial charge in [0.05, 0.1) is 12.2 Å². The molecular formula is C15H15N3O. The zero-order valence-electron chi connectivity index (χ0n) is 11.0. The van der Waals surface area contributed by atoms with Crippen molar-refractivity contribution in [1.82, 2.24) is 4.98 Å². The number of hydrogen-bond acceptors (Lipinski definition) is 4. The zero-order chi connectivity index (χ0) is 13.7. The molecule has 1 heterocycles. The Morgan fingerprint density at radius 1 is 1.32 bits per heavy atom. The van der Waals surface area contributed by atoms with Crippen molar-refractivity contribution in [3.8, 4) is 6.07 Å². The standard InChI is InChI=1S/C15H15N3O/c1-11-7-8-17-15(13(11)9-16)18-14-6-4-3-5-12(14)10-19-2/h3-8H,10H2,1-2H3,(H,17,18). The van der Waals surface area contributed by atoms with Crippen LogP contribution in [0.2, 0.25) is 0 Å². The molecule has 0 amide bonds. The van der Waals surface area contributed by atoms with E-state index < -0.39 is 0 Å². The number of pyridine rings is 1. The molecule has 0 bridgehead atoms. The number of aromatic nitrogens is 1. The Bertz CT molecular complexity index is 617. The Morgan fingerprint density at radius 2 is 2.11 bits per heavy atom. The van der Waals surface area contributed by atoms with Gasteiger partial charge in [0.15, 0.2) is 0 Å². The number of anilines is 2. The Kier molecular flexibility index (Phi) is 4.11. The summed E-state index contributed by atoms with van der Waals surface area (Å²) in [6.07, 6.45) is 1.69. The van der Waals surface area contributed by atoms with Crippen LogP contribution >= 0.6 is 0 Å². The van der Waals surface area contributed by atoms with Gasteiger partial charge in [0.2, 0.25) is 0 Å². The van der Waals surface area contributed by atoms with Crippen LogP contribution in [0.25, 0.3) is 0 Å². The Morgan fingerprint density at radius 3 is 2.84 bits per heavy atom. The first-order valence-corrected chi connectivity index (χ1v) is 5.96. The van der Waals surface area contributed by atoms with Crippen molar-refractivity contribution in [3.05, 3.63) is 53.2 Å². The quantitative estimate of drug-likeness (QED) is 0.909. The predicted molar refractivity (Wildman–Crippen MR) is 74.1 cm³/mol. The van der Waals surface area contributed by atoms with E-state index in [0.29, 0.717) is 18.0 Å². The number of nitriles is 1. The lowest BCUT2D eigenvalue weighted by atomic mass is 10.1. The van der Waals surface area contributed by atoms with Crippen molar-refractivity contribution in [1.29, 1.82) is 5.26 Å². The summed E-state index contributed by atoms with van der Waals surface area (Å²) in [7, 11) is 1.66. The molecule has 0 unspecified atom stereocenters. The van der Waals surface area contributed by atoms with Crippen molar-refractivity contribution in [2.75, 3.05) is 12.4 Å². The van der Waals surface area contributed by atoms with Gasteiger partial charge in [0.25, 0.3) is 0 Å². The summed E-state index contributed by atoms with van der Waals surface area (Å²) in [4.78, 5) is 4.23. The molecule has 0 saturated heterocycles. The first-order chi connectivity index (χ1) is 9.26. The molecule has 4 nitrogen and oxygen atoms in total. The van der Waals surface area contributed by atoms with Crippen molar-refractivity contribution >= 4 is 11.5 Å². The molecule has 96 valence electrons. The van der Waals surface area contributed by atoms with E-state index >= 15 is 0 Å². The molecule has 2 rings (SSSR count). The topological polar surface area (TPSA) is 57.9 Å². The SMILES string of the molecule is COCc1ccccc1Nc1nccc(C)c1C#N. The summed E-state index contributed by atoms with van der Waals surface area (Å²) in [5.74, 6) is 0.575. The third-order valence-electron chi connectivity index (χ3n) is 2.84. The minimum absolute atomic E-state index is 0.511. The first kappa shape index (κ1) is 13.1. The largest absolute Gasteiger partial charge is 0.380 e. The van der Waals surface area contributed by atoms with E-state index in [1.54, 1.807) is 13.3 Å². The number of ether oxygens (including phenoxy) is 1. The minimum Gasteiger partial charge on any atom is -0.380 e. The summed E-state index contributed by atoms with van der Waals surface area (Å²) in [6.45, 7) is 2.41. The molecule has 1 aromatic heterocycles. The minimum atomic E-state index is 0.511. The van der Waals surface area contributed by atoms with Crippen LogP contribution in [0.15, 0.2) is 36.5 Å². The molecule has 0 spiro atoms. The van der Waals surface area contributed by atoms with E-state index in [2.05, 4.69) is 16.4 Å². The number of aryl methyl sites for hydroxylation is 1. The van der Waals surface area contributed by atoms with Gasteiger partial charge in [-0.1, -0.05) is 18.2 Å². The second-order valence-corrected chi connectivity index (χ2v) is 4.18. The number of hydrogen-bond donors (Lipinski definition) is 1. The highest BCUT2D eigenvalue weighted by Gasteiger charge is 2.08. The predicted octanol–water partition coefficient (Wildman–Crippen LogP) is 3.15. The maximum absolute atomic E-state index is 9.20. The molecule has 4 heteroatoms. The summed E-state index contributed by atoms with van der Waals surface area (Å²) in [5.41, 5.74) is 3.40. The van der Waals surface area contributed by atoms with Crippen LogP contribution in [0.5, 0.6) is 0 Å². The number of nitrogens with zero attached hydrogens (tertiary/aromatic N) is 2. The molecule has 0 atom stereocenters. The molecule has 0 aliphatic carbocycles. The van der Waals surface area contributed by atoms with Gasteiger partial charge in [-0.05, 0) is 24.6 Å². The maximum atomic E-state index is 9.20. The molecule has 1 aromatic carbocycles. The molecule has 0 aliphatic rings. The Labute approximate surface area is 112 Å². The molecule has 0 aliphatic heterocycles. The van der Waals surface area contributed by atoms with Gasteiger partial charge in [0, 0.05) is 24.6 Å². The second-order valence-electron chi connectivity index (χ2n) is 4.18. The van der Waals surface area contributed by atoms with Crippen LogP contribution < -0.4 is 5.32 Å². The third kappa shape index (κ3) is 2.90. The average molecular weight is 253 g/mol. The normalized spacial score (nSPS) is 9.95. The zero-order valence-corrected chi connectivity index (χ0v) is 11.0. The van der Waals surface area contributed by atoms with Crippen LogP contribution in [0.3, 0.4) is 0 Å². The van der Waals surface area contributed by atoms with E-state index in [1.165, 1.54) is 0 Å². The van der Waals surface area contributed by atoms with Crippen LogP contribution in [0, 0.1) is 18.3 Å². The number of benzene rings is 1. The molecule has 0 fully saturated rings. The number of para-hydroxylation sites is 1. The lowest BCUT2D eigenvalue weighted by Crippen LogP contribution is -2.01. The highest BCUT2D eigenvalue weighted by Crippen LogP contribution is 2.23. The molecular weight excluding hydrogens is 238 g/mol. The van der Waals surface area contributed by atoms with Crippen LogP contribution in [0.1, 0.15) is 16.7 Å². The Hall–Kier alpha value is -2.38. The monoisotopic (exact) mass is 253 g/mol. The lowest BCUT2D eigenvalue weighted by Gasteiger charge is -2.12. The van der Waals surface area contributed by atoms with E-state index in [0.717, 1.165) is 16.8 Å². The van der Waals surface area contributed by atoms with E-state index in [1.807, 2.05) is 37.3 Å². The molecule has 0 radical (unpaired) electrons. The van der Waals surface area contributed by atoms with Gasteiger partial charge in [-0.2, -0.15) is 5.26 Å². The summed E-state index contributed by atoms with van der Waals surface area (Å²) in [6, 6.07) is 11.8. The average Bonchev–Trinajstić information content (AvgIpc) is 2.41. The first-order valence-electron chi connectivity index (χ1n) is 5.96. The molecule has 2 aromatic rings. The summed E-state index contributed by atoms with van der Waals surface area (Å²) in [5, 5.41) is 12.4. The fraction of sp³-hybridized carbons (Fsp3) is 0.200. The van der Waals surface area contributed by atoms with Gasteiger partial charge >= 0.3 is 0 Å². The van der Waals surface area contributed by atoms with Gasteiger partial charge in [-0.15, -0.1) is 0 Å². The van der Waals surface area contributed by atoms with Crippen molar-refractivity contribution in [2.45, 2.75) is 13.5 Å². The summed E-state index contributed by atoms with van der Waals surface area (Å²) >= 11 is 0. The molecule has 0 saturated carbocycles. The van der Waals surface area contributed by atoms with Crippen molar-refractivity contribution in [2.24, 2.45) is 0 Å². The fourth-order valence-electron chi connectivity index (χ4n) is 1.85. The van der Waals surface area contributed by atoms with Gasteiger partial charge in [0.1, 0.15) is 11.9 Å².